The Bertz CT molecular complexity index is 712. The summed E-state index contributed by atoms with van der Waals surface area (Å²) in [7, 11) is 0. The molecule has 1 atom stereocenters. The van der Waals surface area contributed by atoms with Gasteiger partial charge in [0, 0.05) is 17.4 Å². The molecule has 1 heterocycles. The number of benzene rings is 1. The van der Waals surface area contributed by atoms with Gasteiger partial charge < -0.3 is 10.1 Å². The van der Waals surface area contributed by atoms with E-state index in [1.54, 1.807) is 18.2 Å². The van der Waals surface area contributed by atoms with E-state index in [2.05, 4.69) is 11.4 Å². The van der Waals surface area contributed by atoms with Crippen molar-refractivity contribution >= 4 is 35.2 Å². The Morgan fingerprint density at radius 3 is 2.92 bits per heavy atom. The van der Waals surface area contributed by atoms with E-state index in [4.69, 9.17) is 16.3 Å². The first-order valence-corrected chi connectivity index (χ1v) is 8.90. The molecular formula is C17H17ClN2O3S. The predicted octanol–water partition coefficient (Wildman–Crippen LogP) is 3.37. The van der Waals surface area contributed by atoms with E-state index >= 15 is 0 Å². The van der Waals surface area contributed by atoms with Crippen LogP contribution in [0.4, 0.5) is 0 Å². The first-order valence-electron chi connectivity index (χ1n) is 7.53. The maximum absolute atomic E-state index is 12.0. The number of carbonyl (C=O) groups is 2. The van der Waals surface area contributed by atoms with Crippen LogP contribution in [0.2, 0.25) is 5.02 Å². The molecule has 2 rings (SSSR count). The Balaban J connectivity index is 2.23. The van der Waals surface area contributed by atoms with E-state index in [1.807, 2.05) is 13.0 Å². The molecule has 1 N–H and O–H groups in total. The number of hydrogen-bond donors (Lipinski definition) is 1. The monoisotopic (exact) mass is 364 g/mol. The minimum atomic E-state index is -0.411. The van der Waals surface area contributed by atoms with Gasteiger partial charge in [0.15, 0.2) is 0 Å². The number of halogens is 1. The zero-order valence-corrected chi connectivity index (χ0v) is 14.7. The summed E-state index contributed by atoms with van der Waals surface area (Å²) in [6.07, 6.45) is 0.894. The summed E-state index contributed by atoms with van der Waals surface area (Å²) in [4.78, 5) is 23.7. The summed E-state index contributed by atoms with van der Waals surface area (Å²) in [5.74, 6) is -0.952. The molecule has 1 aliphatic heterocycles. The van der Waals surface area contributed by atoms with Gasteiger partial charge in [-0.25, -0.2) is 0 Å². The third-order valence-electron chi connectivity index (χ3n) is 3.44. The number of nitrogens with zero attached hydrogens (tertiary/aromatic N) is 1. The number of thioether (sulfide) groups is 1. The van der Waals surface area contributed by atoms with Crippen molar-refractivity contribution in [3.8, 4) is 6.07 Å². The van der Waals surface area contributed by atoms with Gasteiger partial charge in [-0.2, -0.15) is 5.26 Å². The van der Waals surface area contributed by atoms with Gasteiger partial charge in [-0.15, -0.1) is 0 Å². The number of esters is 1. The molecular weight excluding hydrogens is 348 g/mol. The lowest BCUT2D eigenvalue weighted by Gasteiger charge is -2.25. The highest BCUT2D eigenvalue weighted by Gasteiger charge is 2.31. The summed E-state index contributed by atoms with van der Waals surface area (Å²) in [5.41, 5.74) is 1.15. The minimum Gasteiger partial charge on any atom is -0.465 e. The van der Waals surface area contributed by atoms with Gasteiger partial charge in [-0.05, 0) is 18.1 Å². The quantitative estimate of drug-likeness (QED) is 0.783. The zero-order chi connectivity index (χ0) is 17.5. The lowest BCUT2D eigenvalue weighted by atomic mass is 9.87. The molecule has 0 bridgehead atoms. The Morgan fingerprint density at radius 1 is 1.50 bits per heavy atom. The highest BCUT2D eigenvalue weighted by atomic mass is 35.5. The van der Waals surface area contributed by atoms with Gasteiger partial charge >= 0.3 is 5.97 Å². The van der Waals surface area contributed by atoms with Crippen molar-refractivity contribution in [2.24, 2.45) is 0 Å². The Kier molecular flexibility index (Phi) is 6.71. The van der Waals surface area contributed by atoms with E-state index < -0.39 is 5.92 Å². The molecule has 0 aliphatic carbocycles. The van der Waals surface area contributed by atoms with Crippen molar-refractivity contribution in [1.29, 1.82) is 5.26 Å². The summed E-state index contributed by atoms with van der Waals surface area (Å²) >= 11 is 7.32. The second-order valence-corrected chi connectivity index (χ2v) is 6.58. The molecule has 0 saturated heterocycles. The summed E-state index contributed by atoms with van der Waals surface area (Å²) in [6.45, 7) is 2.27. The van der Waals surface area contributed by atoms with Crippen molar-refractivity contribution in [3.63, 3.8) is 0 Å². The highest BCUT2D eigenvalue weighted by molar-refractivity contribution is 8.03. The van der Waals surface area contributed by atoms with Crippen LogP contribution in [-0.2, 0) is 14.3 Å². The molecule has 1 amide bonds. The van der Waals surface area contributed by atoms with E-state index in [0.29, 0.717) is 22.2 Å². The lowest BCUT2D eigenvalue weighted by Crippen LogP contribution is -2.31. The molecule has 7 heteroatoms. The topological polar surface area (TPSA) is 79.2 Å². The number of nitriles is 1. The minimum absolute atomic E-state index is 0.0377. The number of rotatable bonds is 6. The average molecular weight is 365 g/mol. The van der Waals surface area contributed by atoms with Crippen LogP contribution in [-0.4, -0.2) is 24.2 Å². The van der Waals surface area contributed by atoms with Crippen LogP contribution < -0.4 is 5.32 Å². The van der Waals surface area contributed by atoms with Crippen molar-refractivity contribution in [2.75, 3.05) is 12.4 Å². The molecule has 1 aromatic rings. The molecule has 0 saturated carbocycles. The number of allylic oxidation sites excluding steroid dienone is 1. The fraction of sp³-hybridized carbons (Fsp3) is 0.353. The number of ether oxygens (including phenoxy) is 1. The molecule has 126 valence electrons. The summed E-state index contributed by atoms with van der Waals surface area (Å²) in [6, 6.07) is 9.30. The molecule has 0 unspecified atom stereocenters. The van der Waals surface area contributed by atoms with E-state index in [0.717, 1.165) is 23.7 Å². The standard InChI is InChI=1S/C17H17ClN2O3S/c1-2-7-23-16(22)10-24-17-13(9-19)12(8-15(21)20-17)11-5-3-4-6-14(11)18/h3-6,12H,2,7-8,10H2,1H3,(H,20,21)/t12-/m0/s1. The predicted molar refractivity (Wildman–Crippen MR) is 93.3 cm³/mol. The average Bonchev–Trinajstić information content (AvgIpc) is 2.58. The van der Waals surface area contributed by atoms with Crippen LogP contribution in [0, 0.1) is 11.3 Å². The van der Waals surface area contributed by atoms with Gasteiger partial charge in [0.25, 0.3) is 0 Å². The largest absolute Gasteiger partial charge is 0.465 e. The number of carbonyl (C=O) groups excluding carboxylic acids is 2. The molecule has 1 aromatic carbocycles. The van der Waals surface area contributed by atoms with Crippen molar-refractivity contribution < 1.29 is 14.3 Å². The van der Waals surface area contributed by atoms with Crippen LogP contribution in [0.25, 0.3) is 0 Å². The number of amides is 1. The van der Waals surface area contributed by atoms with Crippen molar-refractivity contribution in [3.05, 3.63) is 45.5 Å². The Labute approximate surface area is 150 Å². The zero-order valence-electron chi connectivity index (χ0n) is 13.2. The van der Waals surface area contributed by atoms with Gasteiger partial charge in [0.2, 0.25) is 5.91 Å². The van der Waals surface area contributed by atoms with Gasteiger partial charge in [-0.3, -0.25) is 9.59 Å². The van der Waals surface area contributed by atoms with Gasteiger partial charge in [0.05, 0.1) is 29.0 Å². The first kappa shape index (κ1) is 18.4. The summed E-state index contributed by atoms with van der Waals surface area (Å²) < 4.78 is 5.01. The number of nitrogens with one attached hydrogen (secondary N) is 1. The smallest absolute Gasteiger partial charge is 0.316 e. The van der Waals surface area contributed by atoms with Crippen LogP contribution >= 0.6 is 23.4 Å². The molecule has 0 fully saturated rings. The maximum Gasteiger partial charge on any atom is 0.316 e. The van der Waals surface area contributed by atoms with E-state index in [1.165, 1.54) is 0 Å². The van der Waals surface area contributed by atoms with Crippen molar-refractivity contribution in [1.82, 2.24) is 5.32 Å². The molecule has 0 radical (unpaired) electrons. The van der Waals surface area contributed by atoms with Crippen LogP contribution in [0.5, 0.6) is 0 Å². The molecule has 24 heavy (non-hydrogen) atoms. The third kappa shape index (κ3) is 4.53. The summed E-state index contributed by atoms with van der Waals surface area (Å²) in [5, 5.41) is 13.1. The number of hydrogen-bond acceptors (Lipinski definition) is 5. The molecule has 0 aromatic heterocycles. The van der Waals surface area contributed by atoms with Gasteiger partial charge in [0.1, 0.15) is 0 Å². The van der Waals surface area contributed by atoms with E-state index in [-0.39, 0.29) is 24.1 Å². The second kappa shape index (κ2) is 8.76. The second-order valence-electron chi connectivity index (χ2n) is 5.19. The maximum atomic E-state index is 12.0. The molecule has 0 spiro atoms. The van der Waals surface area contributed by atoms with Crippen LogP contribution in [0.1, 0.15) is 31.2 Å². The molecule has 5 nitrogen and oxygen atoms in total. The Hall–Kier alpha value is -1.97. The van der Waals surface area contributed by atoms with Crippen molar-refractivity contribution in [2.45, 2.75) is 25.7 Å². The molecule has 1 aliphatic rings. The van der Waals surface area contributed by atoms with Crippen LogP contribution in [0.15, 0.2) is 34.9 Å². The highest BCUT2D eigenvalue weighted by Crippen LogP contribution is 2.38. The normalized spacial score (nSPS) is 17.2. The fourth-order valence-electron chi connectivity index (χ4n) is 2.35. The lowest BCUT2D eigenvalue weighted by molar-refractivity contribution is -0.140. The third-order valence-corrected chi connectivity index (χ3v) is 4.77. The fourth-order valence-corrected chi connectivity index (χ4v) is 3.49. The SMILES string of the molecule is CCCOC(=O)CSC1=C(C#N)[C@H](c2ccccc2Cl)CC(=O)N1. The van der Waals surface area contributed by atoms with E-state index in [9.17, 15) is 14.9 Å². The Morgan fingerprint density at radius 2 is 2.25 bits per heavy atom. The van der Waals surface area contributed by atoms with Gasteiger partial charge in [-0.1, -0.05) is 48.5 Å². The van der Waals surface area contributed by atoms with Crippen LogP contribution in [0.3, 0.4) is 0 Å². The first-order chi connectivity index (χ1) is 11.6.